The van der Waals surface area contributed by atoms with Crippen molar-refractivity contribution in [1.82, 2.24) is 0 Å². The van der Waals surface area contributed by atoms with Crippen molar-refractivity contribution in [3.63, 3.8) is 0 Å². The van der Waals surface area contributed by atoms with Crippen molar-refractivity contribution in [2.45, 2.75) is 40.0 Å². The highest BCUT2D eigenvalue weighted by Gasteiger charge is 2.19. The summed E-state index contributed by atoms with van der Waals surface area (Å²) in [7, 11) is -2.84. The fraction of sp³-hybridized carbons (Fsp3) is 1.00. The number of sulfone groups is 1. The molecular weight excluding hydrogens is 198 g/mol. The molecule has 0 aromatic heterocycles. The van der Waals surface area contributed by atoms with Crippen LogP contribution in [-0.2, 0) is 9.84 Å². The van der Waals surface area contributed by atoms with Gasteiger partial charge in [-0.25, -0.2) is 8.42 Å². The molecule has 0 aliphatic carbocycles. The van der Waals surface area contributed by atoms with Gasteiger partial charge in [0.05, 0.1) is 11.5 Å². The van der Waals surface area contributed by atoms with E-state index in [4.69, 9.17) is 5.73 Å². The molecule has 0 aromatic carbocycles. The number of nitrogens with two attached hydrogens (primary N) is 1. The SMILES string of the molecule is CCCCS(=O)(=O)CCC(C)(C)CN. The van der Waals surface area contributed by atoms with Crippen LogP contribution in [-0.4, -0.2) is 26.5 Å². The van der Waals surface area contributed by atoms with Gasteiger partial charge in [0.15, 0.2) is 0 Å². The molecule has 86 valence electrons. The number of hydrogen-bond donors (Lipinski definition) is 1. The summed E-state index contributed by atoms with van der Waals surface area (Å²) in [5.74, 6) is 0.599. The molecule has 0 fully saturated rings. The summed E-state index contributed by atoms with van der Waals surface area (Å²) in [6.07, 6.45) is 2.36. The smallest absolute Gasteiger partial charge is 0.150 e. The maximum Gasteiger partial charge on any atom is 0.150 e. The molecule has 0 saturated heterocycles. The van der Waals surface area contributed by atoms with Gasteiger partial charge in [0, 0.05) is 0 Å². The predicted molar refractivity (Wildman–Crippen MR) is 61.0 cm³/mol. The lowest BCUT2D eigenvalue weighted by Gasteiger charge is -2.21. The normalized spacial score (nSPS) is 13.1. The van der Waals surface area contributed by atoms with Crippen LogP contribution in [0, 0.1) is 5.41 Å². The van der Waals surface area contributed by atoms with Crippen molar-refractivity contribution < 1.29 is 8.42 Å². The first kappa shape index (κ1) is 13.9. The van der Waals surface area contributed by atoms with Gasteiger partial charge in [0.25, 0.3) is 0 Å². The second-order valence-electron chi connectivity index (χ2n) is 4.62. The van der Waals surface area contributed by atoms with Crippen molar-refractivity contribution in [3.8, 4) is 0 Å². The molecular formula is C10H23NO2S. The van der Waals surface area contributed by atoms with E-state index >= 15 is 0 Å². The van der Waals surface area contributed by atoms with Crippen LogP contribution in [0.15, 0.2) is 0 Å². The summed E-state index contributed by atoms with van der Waals surface area (Å²) in [5, 5.41) is 0. The quantitative estimate of drug-likeness (QED) is 0.710. The van der Waals surface area contributed by atoms with Crippen molar-refractivity contribution in [2.75, 3.05) is 18.1 Å². The summed E-state index contributed by atoms with van der Waals surface area (Å²) < 4.78 is 23.0. The van der Waals surface area contributed by atoms with E-state index in [0.29, 0.717) is 18.7 Å². The van der Waals surface area contributed by atoms with Gasteiger partial charge >= 0.3 is 0 Å². The standard InChI is InChI=1S/C10H23NO2S/c1-4-5-7-14(12,13)8-6-10(2,3)9-11/h4-9,11H2,1-3H3. The van der Waals surface area contributed by atoms with Crippen LogP contribution in [0.3, 0.4) is 0 Å². The lowest BCUT2D eigenvalue weighted by atomic mass is 9.91. The highest BCUT2D eigenvalue weighted by Crippen LogP contribution is 2.19. The zero-order valence-electron chi connectivity index (χ0n) is 9.54. The van der Waals surface area contributed by atoms with Crippen LogP contribution in [0.5, 0.6) is 0 Å². The first-order valence-corrected chi connectivity index (χ1v) is 7.05. The van der Waals surface area contributed by atoms with Gasteiger partial charge < -0.3 is 5.73 Å². The second-order valence-corrected chi connectivity index (χ2v) is 6.93. The Hall–Kier alpha value is -0.0900. The molecule has 0 aromatic rings. The first-order chi connectivity index (χ1) is 6.33. The molecule has 0 unspecified atom stereocenters. The molecule has 0 aliphatic rings. The van der Waals surface area contributed by atoms with Crippen LogP contribution in [0.4, 0.5) is 0 Å². The molecule has 3 nitrogen and oxygen atoms in total. The van der Waals surface area contributed by atoms with E-state index in [9.17, 15) is 8.42 Å². The largest absolute Gasteiger partial charge is 0.330 e. The minimum atomic E-state index is -2.84. The maximum atomic E-state index is 11.5. The second kappa shape index (κ2) is 5.71. The Labute approximate surface area is 88.0 Å². The van der Waals surface area contributed by atoms with Gasteiger partial charge in [-0.1, -0.05) is 27.2 Å². The van der Waals surface area contributed by atoms with Gasteiger partial charge in [-0.15, -0.1) is 0 Å². The fourth-order valence-electron chi connectivity index (χ4n) is 1.00. The molecule has 4 heteroatoms. The van der Waals surface area contributed by atoms with Gasteiger partial charge in [-0.05, 0) is 24.8 Å². The third-order valence-electron chi connectivity index (χ3n) is 2.45. The highest BCUT2D eigenvalue weighted by molar-refractivity contribution is 7.91. The minimum Gasteiger partial charge on any atom is -0.330 e. The van der Waals surface area contributed by atoms with Gasteiger partial charge in [0.2, 0.25) is 0 Å². The first-order valence-electron chi connectivity index (χ1n) is 5.23. The Bertz CT molecular complexity index is 245. The molecule has 0 radical (unpaired) electrons. The maximum absolute atomic E-state index is 11.5. The summed E-state index contributed by atoms with van der Waals surface area (Å²) in [6.45, 7) is 6.54. The monoisotopic (exact) mass is 221 g/mol. The molecule has 2 N–H and O–H groups in total. The van der Waals surface area contributed by atoms with E-state index in [1.165, 1.54) is 0 Å². The topological polar surface area (TPSA) is 60.2 Å². The fourth-order valence-corrected chi connectivity index (χ4v) is 2.80. The minimum absolute atomic E-state index is 0.0563. The molecule has 0 aliphatic heterocycles. The molecule has 0 heterocycles. The van der Waals surface area contributed by atoms with E-state index in [1.807, 2.05) is 20.8 Å². The molecule has 14 heavy (non-hydrogen) atoms. The Morgan fingerprint density at radius 3 is 2.21 bits per heavy atom. The zero-order valence-corrected chi connectivity index (χ0v) is 10.4. The van der Waals surface area contributed by atoms with Crippen molar-refractivity contribution in [3.05, 3.63) is 0 Å². The van der Waals surface area contributed by atoms with Crippen LogP contribution < -0.4 is 5.73 Å². The van der Waals surface area contributed by atoms with Crippen molar-refractivity contribution in [2.24, 2.45) is 11.1 Å². The lowest BCUT2D eigenvalue weighted by Crippen LogP contribution is -2.27. The Balaban J connectivity index is 4.00. The van der Waals surface area contributed by atoms with E-state index < -0.39 is 9.84 Å². The highest BCUT2D eigenvalue weighted by atomic mass is 32.2. The summed E-state index contributed by atoms with van der Waals surface area (Å²) in [5.41, 5.74) is 5.48. The summed E-state index contributed by atoms with van der Waals surface area (Å²) in [4.78, 5) is 0. The average Bonchev–Trinajstić information content (AvgIpc) is 2.12. The van der Waals surface area contributed by atoms with Gasteiger partial charge in [-0.2, -0.15) is 0 Å². The van der Waals surface area contributed by atoms with E-state index in [-0.39, 0.29) is 11.2 Å². The zero-order chi connectivity index (χ0) is 11.2. The molecule has 0 rings (SSSR count). The summed E-state index contributed by atoms with van der Waals surface area (Å²) in [6, 6.07) is 0. The van der Waals surface area contributed by atoms with E-state index in [1.54, 1.807) is 0 Å². The van der Waals surface area contributed by atoms with Crippen molar-refractivity contribution in [1.29, 1.82) is 0 Å². The molecule has 0 saturated carbocycles. The third-order valence-corrected chi connectivity index (χ3v) is 4.19. The van der Waals surface area contributed by atoms with E-state index in [0.717, 1.165) is 12.8 Å². The number of unbranched alkanes of at least 4 members (excludes halogenated alkanes) is 1. The van der Waals surface area contributed by atoms with Crippen LogP contribution in [0.2, 0.25) is 0 Å². The molecule has 0 spiro atoms. The Morgan fingerprint density at radius 1 is 1.21 bits per heavy atom. The summed E-state index contributed by atoms with van der Waals surface area (Å²) >= 11 is 0. The number of rotatable bonds is 7. The molecule has 0 bridgehead atoms. The molecule has 0 amide bonds. The third kappa shape index (κ3) is 6.38. The Kier molecular flexibility index (Phi) is 5.67. The lowest BCUT2D eigenvalue weighted by molar-refractivity contribution is 0.365. The number of hydrogen-bond acceptors (Lipinski definition) is 3. The van der Waals surface area contributed by atoms with Crippen molar-refractivity contribution >= 4 is 9.84 Å². The van der Waals surface area contributed by atoms with Gasteiger partial charge in [-0.3, -0.25) is 0 Å². The molecule has 0 atom stereocenters. The van der Waals surface area contributed by atoms with E-state index in [2.05, 4.69) is 0 Å². The average molecular weight is 221 g/mol. The Morgan fingerprint density at radius 2 is 1.79 bits per heavy atom. The van der Waals surface area contributed by atoms with Crippen LogP contribution in [0.1, 0.15) is 40.0 Å². The van der Waals surface area contributed by atoms with Crippen LogP contribution in [0.25, 0.3) is 0 Å². The predicted octanol–water partition coefficient (Wildman–Crippen LogP) is 1.58. The van der Waals surface area contributed by atoms with Crippen LogP contribution >= 0.6 is 0 Å². The van der Waals surface area contributed by atoms with Gasteiger partial charge in [0.1, 0.15) is 9.84 Å².